The quantitative estimate of drug-likeness (QED) is 0.602. The molecule has 0 aromatic rings. The Balaban J connectivity index is 2.21. The molecule has 1 N–H and O–H groups in total. The summed E-state index contributed by atoms with van der Waals surface area (Å²) in [6, 6.07) is 1.66. The molecule has 0 bridgehead atoms. The Bertz CT molecular complexity index is 143. The molecule has 1 unspecified atom stereocenters. The van der Waals surface area contributed by atoms with Crippen LogP contribution in [0.3, 0.4) is 0 Å². The van der Waals surface area contributed by atoms with Gasteiger partial charge in [0.2, 0.25) is 0 Å². The predicted molar refractivity (Wildman–Crippen MR) is 62.6 cm³/mol. The Hall–Kier alpha value is -0.0800. The maximum atomic E-state index is 3.54. The second-order valence-electron chi connectivity index (χ2n) is 4.54. The Morgan fingerprint density at radius 2 is 2.00 bits per heavy atom. The summed E-state index contributed by atoms with van der Waals surface area (Å²) in [5.41, 5.74) is 0. The largest absolute Gasteiger partial charge is 0.315 e. The molecule has 0 aromatic heterocycles. The molecule has 1 aliphatic rings. The first-order valence-electron chi connectivity index (χ1n) is 6.22. The molecule has 0 aromatic carbocycles. The summed E-state index contributed by atoms with van der Waals surface area (Å²) in [5, 5.41) is 3.54. The van der Waals surface area contributed by atoms with Crippen molar-refractivity contribution in [1.82, 2.24) is 10.2 Å². The SMILES string of the molecule is CCCNCC(CCC)N(C)C1CC1. The molecule has 1 aliphatic carbocycles. The van der Waals surface area contributed by atoms with Crippen molar-refractivity contribution in [3.8, 4) is 0 Å². The van der Waals surface area contributed by atoms with E-state index in [9.17, 15) is 0 Å². The van der Waals surface area contributed by atoms with E-state index >= 15 is 0 Å². The van der Waals surface area contributed by atoms with Crippen molar-refractivity contribution < 1.29 is 0 Å². The number of hydrogen-bond donors (Lipinski definition) is 1. The highest BCUT2D eigenvalue weighted by atomic mass is 15.2. The molecule has 1 saturated carbocycles. The van der Waals surface area contributed by atoms with Crippen molar-refractivity contribution in [2.24, 2.45) is 0 Å². The van der Waals surface area contributed by atoms with Gasteiger partial charge in [0.05, 0.1) is 0 Å². The first-order chi connectivity index (χ1) is 6.79. The summed E-state index contributed by atoms with van der Waals surface area (Å²) in [4.78, 5) is 2.59. The van der Waals surface area contributed by atoms with E-state index in [0.717, 1.165) is 12.1 Å². The second kappa shape index (κ2) is 6.41. The number of nitrogens with one attached hydrogen (secondary N) is 1. The van der Waals surface area contributed by atoms with Gasteiger partial charge in [-0.3, -0.25) is 4.90 Å². The summed E-state index contributed by atoms with van der Waals surface area (Å²) in [6.07, 6.45) is 6.72. The van der Waals surface area contributed by atoms with E-state index in [0.29, 0.717) is 0 Å². The van der Waals surface area contributed by atoms with Crippen molar-refractivity contribution in [2.45, 2.75) is 58.0 Å². The molecule has 1 fully saturated rings. The third-order valence-corrected chi connectivity index (χ3v) is 3.13. The maximum absolute atomic E-state index is 3.54. The van der Waals surface area contributed by atoms with Gasteiger partial charge >= 0.3 is 0 Å². The number of nitrogens with zero attached hydrogens (tertiary/aromatic N) is 1. The van der Waals surface area contributed by atoms with E-state index in [-0.39, 0.29) is 0 Å². The van der Waals surface area contributed by atoms with Crippen LogP contribution in [0, 0.1) is 0 Å². The zero-order valence-corrected chi connectivity index (χ0v) is 10.1. The van der Waals surface area contributed by atoms with Crippen LogP contribution in [0.2, 0.25) is 0 Å². The van der Waals surface area contributed by atoms with Gasteiger partial charge in [0.1, 0.15) is 0 Å². The van der Waals surface area contributed by atoms with Crippen LogP contribution in [0.4, 0.5) is 0 Å². The fraction of sp³-hybridized carbons (Fsp3) is 1.00. The average Bonchev–Trinajstić information content (AvgIpc) is 2.99. The Morgan fingerprint density at radius 1 is 1.29 bits per heavy atom. The maximum Gasteiger partial charge on any atom is 0.0220 e. The van der Waals surface area contributed by atoms with E-state index in [4.69, 9.17) is 0 Å². The van der Waals surface area contributed by atoms with Gasteiger partial charge in [0.15, 0.2) is 0 Å². The molecule has 0 radical (unpaired) electrons. The summed E-state index contributed by atoms with van der Waals surface area (Å²) in [7, 11) is 2.30. The van der Waals surface area contributed by atoms with Crippen LogP contribution in [-0.2, 0) is 0 Å². The zero-order chi connectivity index (χ0) is 10.4. The number of likely N-dealkylation sites (N-methyl/N-ethyl adjacent to an activating group) is 1. The van der Waals surface area contributed by atoms with Gasteiger partial charge in [-0.1, -0.05) is 20.3 Å². The smallest absolute Gasteiger partial charge is 0.0220 e. The van der Waals surface area contributed by atoms with Gasteiger partial charge in [0, 0.05) is 18.6 Å². The fourth-order valence-electron chi connectivity index (χ4n) is 2.01. The molecule has 2 heteroatoms. The van der Waals surface area contributed by atoms with E-state index in [1.54, 1.807) is 0 Å². The van der Waals surface area contributed by atoms with Crippen LogP contribution in [0.5, 0.6) is 0 Å². The summed E-state index contributed by atoms with van der Waals surface area (Å²) in [5.74, 6) is 0. The lowest BCUT2D eigenvalue weighted by Gasteiger charge is -2.28. The number of hydrogen-bond acceptors (Lipinski definition) is 2. The standard InChI is InChI=1S/C12H26N2/c1-4-6-12(10-13-9-5-2)14(3)11-7-8-11/h11-13H,4-10H2,1-3H3. The van der Waals surface area contributed by atoms with Crippen LogP contribution >= 0.6 is 0 Å². The second-order valence-corrected chi connectivity index (χ2v) is 4.54. The lowest BCUT2D eigenvalue weighted by molar-refractivity contribution is 0.213. The minimum Gasteiger partial charge on any atom is -0.315 e. The Labute approximate surface area is 89.1 Å². The van der Waals surface area contributed by atoms with Gasteiger partial charge in [-0.05, 0) is 39.3 Å². The zero-order valence-electron chi connectivity index (χ0n) is 10.1. The van der Waals surface area contributed by atoms with Gasteiger partial charge in [0.25, 0.3) is 0 Å². The molecule has 0 heterocycles. The van der Waals surface area contributed by atoms with Gasteiger partial charge in [-0.25, -0.2) is 0 Å². The summed E-state index contributed by atoms with van der Waals surface area (Å²) < 4.78 is 0. The van der Waals surface area contributed by atoms with Gasteiger partial charge in [-0.2, -0.15) is 0 Å². The van der Waals surface area contributed by atoms with Crippen molar-refractivity contribution in [1.29, 1.82) is 0 Å². The molecule has 0 aliphatic heterocycles. The molecule has 84 valence electrons. The highest BCUT2D eigenvalue weighted by molar-refractivity contribution is 4.87. The van der Waals surface area contributed by atoms with Crippen molar-refractivity contribution in [3.05, 3.63) is 0 Å². The van der Waals surface area contributed by atoms with E-state index in [2.05, 4.69) is 31.1 Å². The van der Waals surface area contributed by atoms with Crippen LogP contribution in [0.1, 0.15) is 46.0 Å². The molecule has 2 nitrogen and oxygen atoms in total. The third-order valence-electron chi connectivity index (χ3n) is 3.13. The monoisotopic (exact) mass is 198 g/mol. The van der Waals surface area contributed by atoms with E-state index in [1.807, 2.05) is 0 Å². The Kier molecular flexibility index (Phi) is 5.49. The summed E-state index contributed by atoms with van der Waals surface area (Å²) in [6.45, 7) is 6.85. The van der Waals surface area contributed by atoms with Crippen LogP contribution in [-0.4, -0.2) is 37.1 Å². The fourth-order valence-corrected chi connectivity index (χ4v) is 2.01. The number of rotatable bonds is 8. The molecule has 1 rings (SSSR count). The molecule has 0 amide bonds. The van der Waals surface area contributed by atoms with Crippen LogP contribution in [0.25, 0.3) is 0 Å². The molecular weight excluding hydrogens is 172 g/mol. The summed E-state index contributed by atoms with van der Waals surface area (Å²) >= 11 is 0. The minimum atomic E-state index is 0.763. The molecule has 14 heavy (non-hydrogen) atoms. The van der Waals surface area contributed by atoms with Crippen LogP contribution in [0.15, 0.2) is 0 Å². The lowest BCUT2D eigenvalue weighted by atomic mass is 10.1. The first-order valence-corrected chi connectivity index (χ1v) is 6.22. The average molecular weight is 198 g/mol. The van der Waals surface area contributed by atoms with E-state index in [1.165, 1.54) is 45.2 Å². The molecule has 0 saturated heterocycles. The predicted octanol–water partition coefficient (Wildman–Crippen LogP) is 2.25. The Morgan fingerprint density at radius 3 is 2.50 bits per heavy atom. The van der Waals surface area contributed by atoms with Crippen molar-refractivity contribution >= 4 is 0 Å². The minimum absolute atomic E-state index is 0.763. The highest BCUT2D eigenvalue weighted by Crippen LogP contribution is 2.27. The topological polar surface area (TPSA) is 15.3 Å². The normalized spacial score (nSPS) is 18.9. The molecule has 0 spiro atoms. The third kappa shape index (κ3) is 3.97. The van der Waals surface area contributed by atoms with E-state index < -0.39 is 0 Å². The van der Waals surface area contributed by atoms with Gasteiger partial charge < -0.3 is 5.32 Å². The van der Waals surface area contributed by atoms with Crippen molar-refractivity contribution in [2.75, 3.05) is 20.1 Å². The lowest BCUT2D eigenvalue weighted by Crippen LogP contribution is -2.41. The first kappa shape index (κ1) is 12.0. The van der Waals surface area contributed by atoms with Crippen LogP contribution < -0.4 is 5.32 Å². The van der Waals surface area contributed by atoms with Gasteiger partial charge in [-0.15, -0.1) is 0 Å². The highest BCUT2D eigenvalue weighted by Gasteiger charge is 2.30. The molecule has 1 atom stereocenters. The molecular formula is C12H26N2. The van der Waals surface area contributed by atoms with Crippen molar-refractivity contribution in [3.63, 3.8) is 0 Å².